The van der Waals surface area contributed by atoms with E-state index >= 15 is 0 Å². The van der Waals surface area contributed by atoms with Crippen LogP contribution in [0.2, 0.25) is 0 Å². The lowest BCUT2D eigenvalue weighted by atomic mass is 10.2. The number of likely N-dealkylation sites (N-methyl/N-ethyl adjacent to an activating group) is 1. The Morgan fingerprint density at radius 1 is 1.52 bits per heavy atom. The number of carbonyl (C=O) groups excluding carboxylic acids is 1. The van der Waals surface area contributed by atoms with E-state index in [1.807, 2.05) is 41.6 Å². The van der Waals surface area contributed by atoms with Gasteiger partial charge in [0.2, 0.25) is 5.91 Å². The van der Waals surface area contributed by atoms with Crippen LogP contribution in [0.3, 0.4) is 0 Å². The number of likely N-dealkylation sites (tertiary alicyclic amines) is 1. The highest BCUT2D eigenvalue weighted by atomic mass is 79.9. The van der Waals surface area contributed by atoms with Crippen molar-refractivity contribution in [2.24, 2.45) is 0 Å². The number of carbonyl (C=O) groups is 1. The Hall–Kier alpha value is -1.24. The zero-order valence-electron chi connectivity index (χ0n) is 13.1. The molecule has 0 aliphatic carbocycles. The largest absolute Gasteiger partial charge is 0.338 e. The summed E-state index contributed by atoms with van der Waals surface area (Å²) >= 11 is 5.07. The van der Waals surface area contributed by atoms with Gasteiger partial charge in [-0.2, -0.15) is 0 Å². The van der Waals surface area contributed by atoms with Gasteiger partial charge in [0.25, 0.3) is 0 Å². The number of amides is 1. The van der Waals surface area contributed by atoms with Crippen molar-refractivity contribution in [1.82, 2.24) is 15.2 Å². The monoisotopic (exact) mass is 393 g/mol. The maximum absolute atomic E-state index is 12.6. The molecule has 1 aromatic heterocycles. The molecule has 0 radical (unpaired) electrons. The maximum Gasteiger partial charge on any atom is 0.228 e. The average Bonchev–Trinajstić information content (AvgIpc) is 3.17. The van der Waals surface area contributed by atoms with E-state index in [1.54, 1.807) is 11.3 Å². The fourth-order valence-corrected chi connectivity index (χ4v) is 4.23. The van der Waals surface area contributed by atoms with Crippen LogP contribution in [0, 0.1) is 0 Å². The Morgan fingerprint density at radius 2 is 2.39 bits per heavy atom. The summed E-state index contributed by atoms with van der Waals surface area (Å²) in [7, 11) is 1.94. The lowest BCUT2D eigenvalue weighted by molar-refractivity contribution is -0.131. The van der Waals surface area contributed by atoms with Gasteiger partial charge in [-0.15, -0.1) is 11.3 Å². The van der Waals surface area contributed by atoms with Crippen LogP contribution in [-0.2, 0) is 11.2 Å². The van der Waals surface area contributed by atoms with Crippen LogP contribution in [0.5, 0.6) is 0 Å². The van der Waals surface area contributed by atoms with Crippen molar-refractivity contribution in [3.8, 4) is 10.6 Å². The summed E-state index contributed by atoms with van der Waals surface area (Å²) in [5.74, 6) is 0.189. The van der Waals surface area contributed by atoms with E-state index < -0.39 is 0 Å². The first-order valence-corrected chi connectivity index (χ1v) is 9.49. The van der Waals surface area contributed by atoms with Crippen molar-refractivity contribution >= 4 is 33.2 Å². The minimum atomic E-state index is 0.189. The second kappa shape index (κ2) is 7.55. The molecule has 0 saturated carbocycles. The number of nitrogens with zero attached hydrogens (tertiary/aromatic N) is 2. The SMILES string of the molecule is CNCC1CCCN1C(=O)Cc1csc(-c2cccc(Br)c2)n1. The fourth-order valence-electron chi connectivity index (χ4n) is 3.01. The van der Waals surface area contributed by atoms with Crippen molar-refractivity contribution < 1.29 is 4.79 Å². The number of hydrogen-bond donors (Lipinski definition) is 1. The lowest BCUT2D eigenvalue weighted by Crippen LogP contribution is -2.41. The van der Waals surface area contributed by atoms with Crippen LogP contribution < -0.4 is 5.32 Å². The second-order valence-electron chi connectivity index (χ2n) is 5.77. The van der Waals surface area contributed by atoms with Crippen LogP contribution in [-0.4, -0.2) is 42.0 Å². The minimum Gasteiger partial charge on any atom is -0.338 e. The van der Waals surface area contributed by atoms with Crippen LogP contribution in [0.4, 0.5) is 0 Å². The molecule has 1 aromatic carbocycles. The number of nitrogens with one attached hydrogen (secondary N) is 1. The molecule has 2 heterocycles. The Balaban J connectivity index is 1.68. The zero-order valence-corrected chi connectivity index (χ0v) is 15.5. The molecule has 122 valence electrons. The molecule has 2 aromatic rings. The van der Waals surface area contributed by atoms with Gasteiger partial charge in [-0.1, -0.05) is 28.1 Å². The number of thiazole rings is 1. The topological polar surface area (TPSA) is 45.2 Å². The number of halogens is 1. The number of aromatic nitrogens is 1. The van der Waals surface area contributed by atoms with Gasteiger partial charge in [0, 0.05) is 34.5 Å². The van der Waals surface area contributed by atoms with Gasteiger partial charge in [0.1, 0.15) is 5.01 Å². The molecule has 1 fully saturated rings. The molecular weight excluding hydrogens is 374 g/mol. The van der Waals surface area contributed by atoms with Gasteiger partial charge < -0.3 is 10.2 Å². The molecule has 6 heteroatoms. The van der Waals surface area contributed by atoms with E-state index in [0.717, 1.165) is 46.7 Å². The van der Waals surface area contributed by atoms with Crippen molar-refractivity contribution in [1.29, 1.82) is 0 Å². The number of benzene rings is 1. The predicted octanol–water partition coefficient (Wildman–Crippen LogP) is 3.33. The summed E-state index contributed by atoms with van der Waals surface area (Å²) in [6.07, 6.45) is 2.58. The third-order valence-corrected chi connectivity index (χ3v) is 5.53. The van der Waals surface area contributed by atoms with E-state index in [9.17, 15) is 4.79 Å². The van der Waals surface area contributed by atoms with E-state index in [4.69, 9.17) is 0 Å². The van der Waals surface area contributed by atoms with Crippen LogP contribution in [0.25, 0.3) is 10.6 Å². The van der Waals surface area contributed by atoms with E-state index in [0.29, 0.717) is 12.5 Å². The summed E-state index contributed by atoms with van der Waals surface area (Å²) in [6, 6.07) is 8.41. The number of rotatable bonds is 5. The predicted molar refractivity (Wildman–Crippen MR) is 97.6 cm³/mol. The quantitative estimate of drug-likeness (QED) is 0.846. The number of hydrogen-bond acceptors (Lipinski definition) is 4. The Labute approximate surface area is 149 Å². The van der Waals surface area contributed by atoms with Gasteiger partial charge in [0.15, 0.2) is 0 Å². The van der Waals surface area contributed by atoms with Crippen molar-refractivity contribution in [2.45, 2.75) is 25.3 Å². The third kappa shape index (κ3) is 4.00. The summed E-state index contributed by atoms with van der Waals surface area (Å²) in [6.45, 7) is 1.74. The first-order valence-electron chi connectivity index (χ1n) is 7.82. The smallest absolute Gasteiger partial charge is 0.228 e. The first kappa shape index (κ1) is 16.6. The summed E-state index contributed by atoms with van der Waals surface area (Å²) < 4.78 is 1.04. The molecular formula is C17H20BrN3OS. The molecule has 1 atom stereocenters. The van der Waals surface area contributed by atoms with Gasteiger partial charge >= 0.3 is 0 Å². The standard InChI is InChI=1S/C17H20BrN3OS/c1-19-10-15-6-3-7-21(15)16(22)9-14-11-23-17(20-14)12-4-2-5-13(18)8-12/h2,4-5,8,11,15,19H,3,6-7,9-10H2,1H3. The Bertz CT molecular complexity index is 688. The molecule has 1 N–H and O–H groups in total. The lowest BCUT2D eigenvalue weighted by Gasteiger charge is -2.24. The Morgan fingerprint density at radius 3 is 3.17 bits per heavy atom. The van der Waals surface area contributed by atoms with Crippen molar-refractivity contribution in [3.05, 3.63) is 39.8 Å². The normalized spacial score (nSPS) is 17.7. The Kier molecular flexibility index (Phi) is 5.46. The van der Waals surface area contributed by atoms with Gasteiger partial charge in [-0.25, -0.2) is 4.98 Å². The van der Waals surface area contributed by atoms with Crippen LogP contribution in [0.1, 0.15) is 18.5 Å². The van der Waals surface area contributed by atoms with Crippen LogP contribution in [0.15, 0.2) is 34.1 Å². The van der Waals surface area contributed by atoms with E-state index in [1.165, 1.54) is 0 Å². The van der Waals surface area contributed by atoms with Crippen molar-refractivity contribution in [2.75, 3.05) is 20.1 Å². The van der Waals surface area contributed by atoms with Gasteiger partial charge in [-0.3, -0.25) is 4.79 Å². The van der Waals surface area contributed by atoms with Crippen LogP contribution >= 0.6 is 27.3 Å². The third-order valence-electron chi connectivity index (χ3n) is 4.09. The summed E-state index contributed by atoms with van der Waals surface area (Å²) in [5, 5.41) is 6.14. The fraction of sp³-hybridized carbons (Fsp3) is 0.412. The molecule has 0 spiro atoms. The maximum atomic E-state index is 12.6. The highest BCUT2D eigenvalue weighted by Crippen LogP contribution is 2.27. The molecule has 3 rings (SSSR count). The summed E-state index contributed by atoms with van der Waals surface area (Å²) in [5.41, 5.74) is 1.95. The highest BCUT2D eigenvalue weighted by Gasteiger charge is 2.28. The molecule has 1 aliphatic rings. The van der Waals surface area contributed by atoms with E-state index in [-0.39, 0.29) is 5.91 Å². The second-order valence-corrected chi connectivity index (χ2v) is 7.55. The highest BCUT2D eigenvalue weighted by molar-refractivity contribution is 9.10. The van der Waals surface area contributed by atoms with Gasteiger partial charge in [-0.05, 0) is 32.0 Å². The van der Waals surface area contributed by atoms with E-state index in [2.05, 4.69) is 26.2 Å². The molecule has 23 heavy (non-hydrogen) atoms. The molecule has 1 aliphatic heterocycles. The summed E-state index contributed by atoms with van der Waals surface area (Å²) in [4.78, 5) is 19.2. The average molecular weight is 394 g/mol. The zero-order chi connectivity index (χ0) is 16.2. The molecule has 1 unspecified atom stereocenters. The molecule has 0 bridgehead atoms. The van der Waals surface area contributed by atoms with Gasteiger partial charge in [0.05, 0.1) is 12.1 Å². The first-order chi connectivity index (χ1) is 11.2. The minimum absolute atomic E-state index is 0.189. The molecule has 4 nitrogen and oxygen atoms in total. The van der Waals surface area contributed by atoms with Crippen molar-refractivity contribution in [3.63, 3.8) is 0 Å². The molecule has 1 amide bonds. The molecule has 1 saturated heterocycles.